The zero-order valence-electron chi connectivity index (χ0n) is 12.1. The van der Waals surface area contributed by atoms with Gasteiger partial charge in [0.2, 0.25) is 5.91 Å². The number of carbonyl (C=O) groups is 2. The van der Waals surface area contributed by atoms with E-state index in [1.165, 1.54) is 25.8 Å². The molecule has 0 heterocycles. The smallest absolute Gasteiger partial charge is 0.337 e. The van der Waals surface area contributed by atoms with Crippen molar-refractivity contribution in [2.45, 2.75) is 16.7 Å². The molecule has 0 fully saturated rings. The first-order valence-corrected chi connectivity index (χ1v) is 7.62. The Labute approximate surface area is 137 Å². The maximum atomic E-state index is 11.6. The van der Waals surface area contributed by atoms with Crippen molar-refractivity contribution >= 4 is 40.9 Å². The van der Waals surface area contributed by atoms with Gasteiger partial charge in [-0.25, -0.2) is 4.79 Å². The first-order chi connectivity index (χ1) is 10.5. The topological polar surface area (TPSA) is 55.4 Å². The number of rotatable bonds is 4. The highest BCUT2D eigenvalue weighted by molar-refractivity contribution is 7.99. The van der Waals surface area contributed by atoms with E-state index in [9.17, 15) is 9.59 Å². The van der Waals surface area contributed by atoms with Gasteiger partial charge in [-0.2, -0.15) is 0 Å². The summed E-state index contributed by atoms with van der Waals surface area (Å²) in [5, 5.41) is 3.39. The summed E-state index contributed by atoms with van der Waals surface area (Å²) in [6.07, 6.45) is 0. The molecule has 0 aliphatic heterocycles. The summed E-state index contributed by atoms with van der Waals surface area (Å²) in [4.78, 5) is 24.8. The molecule has 0 unspecified atom stereocenters. The Morgan fingerprint density at radius 2 is 1.82 bits per heavy atom. The van der Waals surface area contributed by atoms with E-state index in [-0.39, 0.29) is 5.91 Å². The molecule has 1 N–H and O–H groups in total. The van der Waals surface area contributed by atoms with Gasteiger partial charge >= 0.3 is 5.97 Å². The van der Waals surface area contributed by atoms with Gasteiger partial charge in [0.1, 0.15) is 0 Å². The molecule has 114 valence electrons. The molecule has 22 heavy (non-hydrogen) atoms. The maximum absolute atomic E-state index is 11.6. The molecule has 0 radical (unpaired) electrons. The Kier molecular flexibility index (Phi) is 5.46. The van der Waals surface area contributed by atoms with Gasteiger partial charge < -0.3 is 10.1 Å². The summed E-state index contributed by atoms with van der Waals surface area (Å²) in [5.41, 5.74) is 0.946. The van der Waals surface area contributed by atoms with Crippen molar-refractivity contribution in [1.82, 2.24) is 0 Å². The first-order valence-electron chi connectivity index (χ1n) is 6.43. The van der Waals surface area contributed by atoms with Crippen LogP contribution in [0.4, 0.5) is 5.69 Å². The molecular formula is C16H14ClNO3S. The first kappa shape index (κ1) is 16.4. The van der Waals surface area contributed by atoms with Crippen molar-refractivity contribution in [2.75, 3.05) is 12.4 Å². The Hall–Kier alpha value is -1.98. The zero-order chi connectivity index (χ0) is 16.1. The van der Waals surface area contributed by atoms with Gasteiger partial charge in [-0.3, -0.25) is 4.79 Å². The fourth-order valence-electron chi connectivity index (χ4n) is 1.78. The number of halogens is 1. The lowest BCUT2D eigenvalue weighted by atomic mass is 10.2. The van der Waals surface area contributed by atoms with Crippen molar-refractivity contribution in [3.05, 3.63) is 53.1 Å². The van der Waals surface area contributed by atoms with Crippen LogP contribution in [0, 0.1) is 0 Å². The van der Waals surface area contributed by atoms with Crippen LogP contribution in [-0.4, -0.2) is 19.0 Å². The van der Waals surface area contributed by atoms with Gasteiger partial charge in [-0.15, -0.1) is 0 Å². The minimum Gasteiger partial charge on any atom is -0.465 e. The minimum atomic E-state index is -0.449. The monoisotopic (exact) mass is 335 g/mol. The zero-order valence-corrected chi connectivity index (χ0v) is 13.6. The highest BCUT2D eigenvalue weighted by Crippen LogP contribution is 2.34. The van der Waals surface area contributed by atoms with E-state index in [0.717, 1.165) is 9.79 Å². The average molecular weight is 336 g/mol. The summed E-state index contributed by atoms with van der Waals surface area (Å²) < 4.78 is 4.69. The van der Waals surface area contributed by atoms with Crippen LogP contribution in [-0.2, 0) is 9.53 Å². The fraction of sp³-hybridized carbons (Fsp3) is 0.125. The molecule has 0 atom stereocenters. The number of esters is 1. The molecular weight excluding hydrogens is 322 g/mol. The van der Waals surface area contributed by atoms with Crippen LogP contribution in [0.3, 0.4) is 0 Å². The van der Waals surface area contributed by atoms with Gasteiger partial charge in [0.25, 0.3) is 0 Å². The molecule has 0 saturated carbocycles. The van der Waals surface area contributed by atoms with Crippen LogP contribution in [0.2, 0.25) is 5.02 Å². The van der Waals surface area contributed by atoms with E-state index in [4.69, 9.17) is 16.3 Å². The van der Waals surface area contributed by atoms with Gasteiger partial charge in [-0.05, 0) is 42.5 Å². The molecule has 2 aromatic carbocycles. The third-order valence-electron chi connectivity index (χ3n) is 2.75. The third-order valence-corrected chi connectivity index (χ3v) is 4.09. The fourth-order valence-corrected chi connectivity index (χ4v) is 2.79. The molecule has 0 aliphatic rings. The lowest BCUT2D eigenvalue weighted by Gasteiger charge is -2.11. The van der Waals surface area contributed by atoms with Gasteiger partial charge in [-0.1, -0.05) is 23.4 Å². The van der Waals surface area contributed by atoms with Crippen molar-refractivity contribution in [3.8, 4) is 0 Å². The summed E-state index contributed by atoms with van der Waals surface area (Å²) in [6, 6.07) is 12.4. The molecule has 2 rings (SSSR count). The molecule has 0 aromatic heterocycles. The minimum absolute atomic E-state index is 0.208. The summed E-state index contributed by atoms with van der Waals surface area (Å²) in [6.45, 7) is 1.42. The summed E-state index contributed by atoms with van der Waals surface area (Å²) in [7, 11) is 1.32. The van der Waals surface area contributed by atoms with Crippen molar-refractivity contribution in [3.63, 3.8) is 0 Å². The van der Waals surface area contributed by atoms with Crippen LogP contribution in [0.5, 0.6) is 0 Å². The van der Waals surface area contributed by atoms with E-state index >= 15 is 0 Å². The molecule has 4 nitrogen and oxygen atoms in total. The normalized spacial score (nSPS) is 10.1. The molecule has 1 amide bonds. The predicted octanol–water partition coefficient (Wildman–Crippen LogP) is 4.24. The second kappa shape index (κ2) is 7.33. The van der Waals surface area contributed by atoms with E-state index < -0.39 is 5.97 Å². The van der Waals surface area contributed by atoms with Crippen LogP contribution in [0.15, 0.2) is 52.3 Å². The summed E-state index contributed by atoms with van der Waals surface area (Å²) >= 11 is 7.34. The number of nitrogens with one attached hydrogen (secondary N) is 1. The number of amides is 1. The number of hydrogen-bond acceptors (Lipinski definition) is 4. The Bertz CT molecular complexity index is 701. The predicted molar refractivity (Wildman–Crippen MR) is 87.7 cm³/mol. The molecule has 2 aromatic rings. The standard InChI is InChI=1S/C16H14ClNO3S/c1-10(19)18-14-9-11(16(20)21-2)3-8-15(14)22-13-6-4-12(17)5-7-13/h3-9H,1-2H3,(H,18,19). The van der Waals surface area contributed by atoms with Gasteiger partial charge in [0, 0.05) is 21.7 Å². The highest BCUT2D eigenvalue weighted by Gasteiger charge is 2.12. The average Bonchev–Trinajstić information content (AvgIpc) is 2.50. The second-order valence-electron chi connectivity index (χ2n) is 4.44. The van der Waals surface area contributed by atoms with Gasteiger partial charge in [0.05, 0.1) is 18.4 Å². The van der Waals surface area contributed by atoms with E-state index in [1.807, 2.05) is 12.1 Å². The number of anilines is 1. The SMILES string of the molecule is COC(=O)c1ccc(Sc2ccc(Cl)cc2)c(NC(C)=O)c1. The summed E-state index contributed by atoms with van der Waals surface area (Å²) in [5.74, 6) is -0.658. The molecule has 0 bridgehead atoms. The van der Waals surface area contributed by atoms with Gasteiger partial charge in [0.15, 0.2) is 0 Å². The molecule has 0 aliphatic carbocycles. The van der Waals surface area contributed by atoms with Crippen LogP contribution >= 0.6 is 23.4 Å². The van der Waals surface area contributed by atoms with Crippen molar-refractivity contribution in [2.24, 2.45) is 0 Å². The van der Waals surface area contributed by atoms with Crippen LogP contribution in [0.1, 0.15) is 17.3 Å². The third kappa shape index (κ3) is 4.26. The van der Waals surface area contributed by atoms with E-state index in [0.29, 0.717) is 16.3 Å². The number of carbonyl (C=O) groups excluding carboxylic acids is 2. The largest absolute Gasteiger partial charge is 0.465 e. The molecule has 0 saturated heterocycles. The number of methoxy groups -OCH3 is 1. The van der Waals surface area contributed by atoms with E-state index in [2.05, 4.69) is 5.32 Å². The lowest BCUT2D eigenvalue weighted by Crippen LogP contribution is -2.09. The Morgan fingerprint density at radius 1 is 1.14 bits per heavy atom. The second-order valence-corrected chi connectivity index (χ2v) is 5.99. The quantitative estimate of drug-likeness (QED) is 0.849. The Morgan fingerprint density at radius 3 is 2.41 bits per heavy atom. The maximum Gasteiger partial charge on any atom is 0.337 e. The molecule has 0 spiro atoms. The highest BCUT2D eigenvalue weighted by atomic mass is 35.5. The number of ether oxygens (including phenoxy) is 1. The number of benzene rings is 2. The van der Waals surface area contributed by atoms with Crippen molar-refractivity contribution < 1.29 is 14.3 Å². The van der Waals surface area contributed by atoms with E-state index in [1.54, 1.807) is 30.3 Å². The number of hydrogen-bond donors (Lipinski definition) is 1. The molecule has 6 heteroatoms. The van der Waals surface area contributed by atoms with Crippen molar-refractivity contribution in [1.29, 1.82) is 0 Å². The van der Waals surface area contributed by atoms with Crippen LogP contribution in [0.25, 0.3) is 0 Å². The lowest BCUT2D eigenvalue weighted by molar-refractivity contribution is -0.114. The van der Waals surface area contributed by atoms with Crippen LogP contribution < -0.4 is 5.32 Å². The Balaban J connectivity index is 2.34.